The molecule has 0 unspecified atom stereocenters. The predicted octanol–water partition coefficient (Wildman–Crippen LogP) is 6.64. The molecular weight excluding hydrogens is 438 g/mol. The first-order valence-corrected chi connectivity index (χ1v) is 11.9. The first-order valence-electron chi connectivity index (χ1n) is 11.9. The largest absolute Gasteiger partial charge is 0.465 e. The van der Waals surface area contributed by atoms with Crippen LogP contribution in [0.4, 0.5) is 0 Å². The zero-order valence-electron chi connectivity index (χ0n) is 21.0. The molecule has 3 rings (SSSR count). The van der Waals surface area contributed by atoms with Crippen LogP contribution in [0.1, 0.15) is 53.9 Å². The SMILES string of the molecule is C=C/C=C(C(=O)OCCCC)\C(=C/C)c1ccc(Cn2c(C)cc3cc(C(=O)OC)ccc32)cc1. The second kappa shape index (κ2) is 12.0. The molecule has 0 aliphatic heterocycles. The molecule has 35 heavy (non-hydrogen) atoms. The molecule has 5 nitrogen and oxygen atoms in total. The van der Waals surface area contributed by atoms with E-state index < -0.39 is 0 Å². The van der Waals surface area contributed by atoms with Crippen molar-refractivity contribution in [3.8, 4) is 0 Å². The fourth-order valence-electron chi connectivity index (χ4n) is 4.09. The van der Waals surface area contributed by atoms with Crippen molar-refractivity contribution < 1.29 is 19.1 Å². The summed E-state index contributed by atoms with van der Waals surface area (Å²) >= 11 is 0. The molecule has 0 fully saturated rings. The van der Waals surface area contributed by atoms with Gasteiger partial charge in [-0.05, 0) is 67.3 Å². The maximum absolute atomic E-state index is 12.7. The lowest BCUT2D eigenvalue weighted by molar-refractivity contribution is -0.138. The van der Waals surface area contributed by atoms with Crippen LogP contribution in [0.3, 0.4) is 0 Å². The van der Waals surface area contributed by atoms with E-state index in [0.29, 0.717) is 24.3 Å². The first kappa shape index (κ1) is 25.8. The molecule has 182 valence electrons. The number of allylic oxidation sites excluding steroid dienone is 3. The summed E-state index contributed by atoms with van der Waals surface area (Å²) in [6.45, 7) is 10.9. The average molecular weight is 472 g/mol. The normalized spacial score (nSPS) is 12.0. The average Bonchev–Trinajstić information content (AvgIpc) is 3.18. The summed E-state index contributed by atoms with van der Waals surface area (Å²) in [6.07, 6.45) is 7.04. The Hall–Kier alpha value is -3.86. The van der Waals surface area contributed by atoms with Gasteiger partial charge in [-0.2, -0.15) is 0 Å². The first-order chi connectivity index (χ1) is 16.9. The molecule has 3 aromatic rings. The van der Waals surface area contributed by atoms with Crippen LogP contribution < -0.4 is 0 Å². The van der Waals surface area contributed by atoms with Gasteiger partial charge in [-0.15, -0.1) is 0 Å². The maximum atomic E-state index is 12.7. The topological polar surface area (TPSA) is 57.5 Å². The number of esters is 2. The highest BCUT2D eigenvalue weighted by atomic mass is 16.5. The smallest absolute Gasteiger partial charge is 0.338 e. The molecule has 1 heterocycles. The van der Waals surface area contributed by atoms with E-state index >= 15 is 0 Å². The standard InChI is InChI=1S/C30H33NO4/c1-6-9-17-35-30(33)27(10-7-2)26(8-3)23-13-11-22(12-14-23)20-31-21(4)18-25-19-24(29(32)34-5)15-16-28(25)31/h7-8,10-16,18-19H,2,6,9,17,20H2,1,3-5H3/b26-8-,27-10+. The van der Waals surface area contributed by atoms with Crippen LogP contribution in [-0.2, 0) is 20.8 Å². The number of aryl methyl sites for hydroxylation is 1. The third-order valence-electron chi connectivity index (χ3n) is 5.95. The van der Waals surface area contributed by atoms with Crippen molar-refractivity contribution in [3.63, 3.8) is 0 Å². The van der Waals surface area contributed by atoms with E-state index in [1.54, 1.807) is 18.2 Å². The van der Waals surface area contributed by atoms with Crippen molar-refractivity contribution in [2.45, 2.75) is 40.2 Å². The van der Waals surface area contributed by atoms with Crippen molar-refractivity contribution in [1.29, 1.82) is 0 Å². The Kier molecular flexibility index (Phi) is 8.85. The number of ether oxygens (including phenoxy) is 2. The van der Waals surface area contributed by atoms with E-state index in [1.165, 1.54) is 7.11 Å². The number of hydrogen-bond acceptors (Lipinski definition) is 4. The van der Waals surface area contributed by atoms with Gasteiger partial charge in [0.25, 0.3) is 0 Å². The fourth-order valence-corrected chi connectivity index (χ4v) is 4.09. The van der Waals surface area contributed by atoms with Gasteiger partial charge in [0, 0.05) is 23.1 Å². The molecule has 0 radical (unpaired) electrons. The van der Waals surface area contributed by atoms with Crippen LogP contribution in [0.2, 0.25) is 0 Å². The highest BCUT2D eigenvalue weighted by Crippen LogP contribution is 2.27. The number of methoxy groups -OCH3 is 1. The Morgan fingerprint density at radius 3 is 2.40 bits per heavy atom. The van der Waals surface area contributed by atoms with Crippen LogP contribution in [-0.4, -0.2) is 30.2 Å². The number of nitrogens with zero attached hydrogens (tertiary/aromatic N) is 1. The van der Waals surface area contributed by atoms with Gasteiger partial charge in [0.1, 0.15) is 0 Å². The Bertz CT molecular complexity index is 1280. The van der Waals surface area contributed by atoms with Crippen molar-refractivity contribution in [1.82, 2.24) is 4.57 Å². The molecule has 0 amide bonds. The zero-order valence-corrected chi connectivity index (χ0v) is 21.0. The summed E-state index contributed by atoms with van der Waals surface area (Å²) in [7, 11) is 1.39. The van der Waals surface area contributed by atoms with Gasteiger partial charge in [0.2, 0.25) is 0 Å². The molecule has 0 spiro atoms. The molecule has 0 saturated heterocycles. The van der Waals surface area contributed by atoms with Crippen molar-refractivity contribution in [2.24, 2.45) is 0 Å². The Morgan fingerprint density at radius 2 is 1.77 bits per heavy atom. The van der Waals surface area contributed by atoms with Gasteiger partial charge < -0.3 is 14.0 Å². The minimum absolute atomic E-state index is 0.337. The molecule has 5 heteroatoms. The lowest BCUT2D eigenvalue weighted by Gasteiger charge is -2.13. The summed E-state index contributed by atoms with van der Waals surface area (Å²) in [6, 6.07) is 15.9. The molecule has 0 N–H and O–H groups in total. The van der Waals surface area contributed by atoms with Crippen molar-refractivity contribution in [2.75, 3.05) is 13.7 Å². The molecule has 0 bridgehead atoms. The highest BCUT2D eigenvalue weighted by molar-refractivity contribution is 6.06. The number of rotatable bonds is 10. The second-order valence-electron chi connectivity index (χ2n) is 8.34. The molecular formula is C30H33NO4. The van der Waals surface area contributed by atoms with Crippen molar-refractivity contribution in [3.05, 3.63) is 101 Å². The lowest BCUT2D eigenvalue weighted by atomic mass is 9.96. The van der Waals surface area contributed by atoms with E-state index in [-0.39, 0.29) is 11.9 Å². The monoisotopic (exact) mass is 471 g/mol. The number of aromatic nitrogens is 1. The van der Waals surface area contributed by atoms with Crippen LogP contribution in [0.25, 0.3) is 16.5 Å². The Balaban J connectivity index is 1.84. The quantitative estimate of drug-likeness (QED) is 0.144. The number of benzene rings is 2. The van der Waals surface area contributed by atoms with Gasteiger partial charge in [-0.1, -0.05) is 56.3 Å². The van der Waals surface area contributed by atoms with Crippen molar-refractivity contribution >= 4 is 28.4 Å². The van der Waals surface area contributed by atoms with Gasteiger partial charge in [0.05, 0.1) is 24.9 Å². The second-order valence-corrected chi connectivity index (χ2v) is 8.34. The number of unbranched alkanes of at least 4 members (excludes halogenated alkanes) is 1. The molecule has 0 aliphatic carbocycles. The third-order valence-corrected chi connectivity index (χ3v) is 5.95. The maximum Gasteiger partial charge on any atom is 0.338 e. The molecule has 1 aromatic heterocycles. The number of carbonyl (C=O) groups excluding carboxylic acids is 2. The van der Waals surface area contributed by atoms with Gasteiger partial charge in [-0.3, -0.25) is 0 Å². The van der Waals surface area contributed by atoms with E-state index in [0.717, 1.165) is 46.1 Å². The number of hydrogen-bond donors (Lipinski definition) is 0. The van der Waals surface area contributed by atoms with Crippen LogP contribution in [0.5, 0.6) is 0 Å². The van der Waals surface area contributed by atoms with E-state index in [1.807, 2.05) is 37.3 Å². The Morgan fingerprint density at radius 1 is 1.06 bits per heavy atom. The highest BCUT2D eigenvalue weighted by Gasteiger charge is 2.17. The lowest BCUT2D eigenvalue weighted by Crippen LogP contribution is -2.10. The molecule has 0 atom stereocenters. The van der Waals surface area contributed by atoms with Gasteiger partial charge in [-0.25, -0.2) is 9.59 Å². The van der Waals surface area contributed by atoms with E-state index in [2.05, 4.69) is 43.2 Å². The van der Waals surface area contributed by atoms with Crippen LogP contribution in [0, 0.1) is 6.92 Å². The summed E-state index contributed by atoms with van der Waals surface area (Å²) < 4.78 is 12.5. The van der Waals surface area contributed by atoms with Gasteiger partial charge in [0.15, 0.2) is 0 Å². The zero-order chi connectivity index (χ0) is 25.4. The molecule has 0 aliphatic rings. The summed E-state index contributed by atoms with van der Waals surface area (Å²) in [5, 5.41) is 0.999. The number of fused-ring (bicyclic) bond motifs is 1. The molecule has 2 aromatic carbocycles. The predicted molar refractivity (Wildman–Crippen MR) is 141 cm³/mol. The van der Waals surface area contributed by atoms with Crippen LogP contribution in [0.15, 0.2) is 78.9 Å². The van der Waals surface area contributed by atoms with Crippen LogP contribution >= 0.6 is 0 Å². The summed E-state index contributed by atoms with van der Waals surface area (Å²) in [5.41, 5.74) is 6.08. The third kappa shape index (κ3) is 5.99. The summed E-state index contributed by atoms with van der Waals surface area (Å²) in [4.78, 5) is 24.6. The minimum atomic E-state index is -0.341. The summed E-state index contributed by atoms with van der Waals surface area (Å²) in [5.74, 6) is -0.678. The van der Waals surface area contributed by atoms with Gasteiger partial charge >= 0.3 is 11.9 Å². The van der Waals surface area contributed by atoms with E-state index in [4.69, 9.17) is 9.47 Å². The van der Waals surface area contributed by atoms with E-state index in [9.17, 15) is 9.59 Å². The fraction of sp³-hybridized carbons (Fsp3) is 0.267. The Labute approximate surface area is 207 Å². The number of carbonyl (C=O) groups is 2. The molecule has 0 saturated carbocycles. The minimum Gasteiger partial charge on any atom is -0.465 e.